The number of benzene rings is 3. The molecule has 4 aromatic rings. The van der Waals surface area contributed by atoms with Crippen molar-refractivity contribution in [3.63, 3.8) is 0 Å². The molecule has 1 fully saturated rings. The maximum absolute atomic E-state index is 13.6. The zero-order valence-corrected chi connectivity index (χ0v) is 24.1. The van der Waals surface area contributed by atoms with E-state index in [1.807, 2.05) is 25.1 Å². The summed E-state index contributed by atoms with van der Waals surface area (Å²) in [6, 6.07) is 18.6. The molecule has 0 saturated carbocycles. The number of methoxy groups -OCH3 is 1. The van der Waals surface area contributed by atoms with Gasteiger partial charge in [0, 0.05) is 5.56 Å². The number of hydrogen-bond acceptors (Lipinski definition) is 8. The molecule has 1 aromatic heterocycles. The SMILES string of the molecule is CCCCCOc1ccc(C2/C(=C(\O)c3ccccc3)C(=O)C(=O)N2c2nc3ccc(OC)cc3s2)cc1OCC. The topological polar surface area (TPSA) is 98.2 Å². The number of hydrogen-bond donors (Lipinski definition) is 1. The molecule has 9 heteroatoms. The number of carbonyl (C=O) groups excluding carboxylic acids is 2. The molecule has 1 aliphatic rings. The molecule has 0 spiro atoms. The minimum Gasteiger partial charge on any atom is -0.507 e. The van der Waals surface area contributed by atoms with Crippen molar-refractivity contribution in [3.05, 3.63) is 83.4 Å². The van der Waals surface area contributed by atoms with Crippen LogP contribution in [0.4, 0.5) is 5.13 Å². The van der Waals surface area contributed by atoms with Crippen LogP contribution >= 0.6 is 11.3 Å². The van der Waals surface area contributed by atoms with E-state index in [1.54, 1.807) is 55.6 Å². The van der Waals surface area contributed by atoms with E-state index in [0.717, 1.165) is 24.0 Å². The molecule has 2 heterocycles. The third-order valence-electron chi connectivity index (χ3n) is 6.87. The number of fused-ring (bicyclic) bond motifs is 1. The number of amides is 1. The second kappa shape index (κ2) is 12.4. The van der Waals surface area contributed by atoms with Crippen LogP contribution in [0.25, 0.3) is 16.0 Å². The molecule has 1 unspecified atom stereocenters. The average Bonchev–Trinajstić information content (AvgIpc) is 3.53. The number of aromatic nitrogens is 1. The summed E-state index contributed by atoms with van der Waals surface area (Å²) in [5, 5.41) is 11.7. The number of aliphatic hydroxyl groups excluding tert-OH is 1. The lowest BCUT2D eigenvalue weighted by atomic mass is 9.95. The number of nitrogens with zero attached hydrogens (tertiary/aromatic N) is 2. The predicted octanol–water partition coefficient (Wildman–Crippen LogP) is 6.90. The Bertz CT molecular complexity index is 1600. The molecule has 5 rings (SSSR count). The van der Waals surface area contributed by atoms with E-state index in [9.17, 15) is 14.7 Å². The fourth-order valence-corrected chi connectivity index (χ4v) is 5.86. The van der Waals surface area contributed by atoms with E-state index in [1.165, 1.54) is 16.2 Å². The Morgan fingerprint density at radius 1 is 0.976 bits per heavy atom. The Morgan fingerprint density at radius 2 is 1.78 bits per heavy atom. The third-order valence-corrected chi connectivity index (χ3v) is 7.89. The van der Waals surface area contributed by atoms with Gasteiger partial charge in [-0.25, -0.2) is 4.98 Å². The summed E-state index contributed by atoms with van der Waals surface area (Å²) in [5.74, 6) is -0.0645. The van der Waals surface area contributed by atoms with E-state index < -0.39 is 17.7 Å². The highest BCUT2D eigenvalue weighted by Crippen LogP contribution is 2.46. The minimum atomic E-state index is -0.939. The number of aliphatic hydroxyl groups is 1. The van der Waals surface area contributed by atoms with Gasteiger partial charge in [0.25, 0.3) is 5.78 Å². The van der Waals surface area contributed by atoms with Crippen LogP contribution < -0.4 is 19.1 Å². The van der Waals surface area contributed by atoms with Crippen LogP contribution in [0, 0.1) is 0 Å². The fraction of sp³-hybridized carbons (Fsp3) is 0.281. The lowest BCUT2D eigenvalue weighted by molar-refractivity contribution is -0.132. The first-order valence-corrected chi connectivity index (χ1v) is 14.5. The Morgan fingerprint density at radius 3 is 2.51 bits per heavy atom. The van der Waals surface area contributed by atoms with Gasteiger partial charge in [-0.15, -0.1) is 0 Å². The van der Waals surface area contributed by atoms with Crippen LogP contribution in [-0.4, -0.2) is 42.1 Å². The molecule has 3 aromatic carbocycles. The first-order chi connectivity index (χ1) is 20.0. The van der Waals surface area contributed by atoms with Crippen LogP contribution in [0.5, 0.6) is 17.2 Å². The summed E-state index contributed by atoms with van der Waals surface area (Å²) in [5.41, 5.74) is 1.67. The number of ketones is 1. The quantitative estimate of drug-likeness (QED) is 0.0904. The highest BCUT2D eigenvalue weighted by molar-refractivity contribution is 7.22. The smallest absolute Gasteiger partial charge is 0.301 e. The summed E-state index contributed by atoms with van der Waals surface area (Å²) >= 11 is 1.27. The molecular formula is C32H32N2O6S. The lowest BCUT2D eigenvalue weighted by Crippen LogP contribution is -2.29. The Balaban J connectivity index is 1.65. The van der Waals surface area contributed by atoms with Crippen molar-refractivity contribution in [2.75, 3.05) is 25.2 Å². The molecule has 41 heavy (non-hydrogen) atoms. The van der Waals surface area contributed by atoms with E-state index in [4.69, 9.17) is 14.2 Å². The van der Waals surface area contributed by atoms with Crippen molar-refractivity contribution < 1.29 is 28.9 Å². The molecule has 1 atom stereocenters. The first-order valence-electron chi connectivity index (χ1n) is 13.7. The molecule has 0 radical (unpaired) electrons. The van der Waals surface area contributed by atoms with E-state index in [2.05, 4.69) is 11.9 Å². The van der Waals surface area contributed by atoms with E-state index in [-0.39, 0.29) is 11.3 Å². The summed E-state index contributed by atoms with van der Waals surface area (Å²) in [6.45, 7) is 4.96. The molecule has 0 bridgehead atoms. The normalized spacial score (nSPS) is 16.4. The van der Waals surface area contributed by atoms with E-state index >= 15 is 0 Å². The number of thiazole rings is 1. The van der Waals surface area contributed by atoms with Crippen molar-refractivity contribution in [1.29, 1.82) is 0 Å². The number of anilines is 1. The van der Waals surface area contributed by atoms with Crippen molar-refractivity contribution in [1.82, 2.24) is 4.98 Å². The number of carbonyl (C=O) groups is 2. The van der Waals surface area contributed by atoms with Gasteiger partial charge < -0.3 is 19.3 Å². The third kappa shape index (κ3) is 5.63. The molecule has 1 N–H and O–H groups in total. The molecule has 1 aliphatic heterocycles. The van der Waals surface area contributed by atoms with Gasteiger partial charge in [-0.05, 0) is 49.2 Å². The molecule has 8 nitrogen and oxygen atoms in total. The van der Waals surface area contributed by atoms with Gasteiger partial charge in [0.05, 0.1) is 42.2 Å². The largest absolute Gasteiger partial charge is 0.507 e. The number of rotatable bonds is 11. The summed E-state index contributed by atoms with van der Waals surface area (Å²) in [7, 11) is 1.58. The van der Waals surface area contributed by atoms with Gasteiger partial charge in [-0.2, -0.15) is 0 Å². The maximum atomic E-state index is 13.6. The minimum absolute atomic E-state index is 0.0166. The van der Waals surface area contributed by atoms with Crippen LogP contribution in [0.1, 0.15) is 50.3 Å². The van der Waals surface area contributed by atoms with Gasteiger partial charge in [-0.3, -0.25) is 14.5 Å². The monoisotopic (exact) mass is 572 g/mol. The fourth-order valence-electron chi connectivity index (χ4n) is 4.84. The van der Waals surface area contributed by atoms with Crippen LogP contribution in [0.15, 0.2) is 72.3 Å². The Hall–Kier alpha value is -4.37. The van der Waals surface area contributed by atoms with E-state index in [0.29, 0.717) is 52.2 Å². The molecule has 212 valence electrons. The van der Waals surface area contributed by atoms with Gasteiger partial charge in [0.2, 0.25) is 0 Å². The van der Waals surface area contributed by atoms with Crippen molar-refractivity contribution in [2.45, 2.75) is 39.2 Å². The van der Waals surface area contributed by atoms with Crippen molar-refractivity contribution in [3.8, 4) is 17.2 Å². The zero-order chi connectivity index (χ0) is 28.9. The van der Waals surface area contributed by atoms with Crippen LogP contribution in [0.2, 0.25) is 0 Å². The molecular weight excluding hydrogens is 540 g/mol. The van der Waals surface area contributed by atoms with Gasteiger partial charge in [0.1, 0.15) is 11.5 Å². The lowest BCUT2D eigenvalue weighted by Gasteiger charge is -2.24. The highest BCUT2D eigenvalue weighted by atomic mass is 32.1. The summed E-state index contributed by atoms with van der Waals surface area (Å²) < 4.78 is 18.1. The van der Waals surface area contributed by atoms with Crippen LogP contribution in [-0.2, 0) is 9.59 Å². The van der Waals surface area contributed by atoms with Crippen molar-refractivity contribution >= 4 is 44.1 Å². The molecule has 1 amide bonds. The zero-order valence-electron chi connectivity index (χ0n) is 23.3. The van der Waals surface area contributed by atoms with Gasteiger partial charge in [-0.1, -0.05) is 67.5 Å². The number of ether oxygens (including phenoxy) is 3. The number of unbranched alkanes of at least 4 members (excludes halogenated alkanes) is 2. The molecule has 0 aliphatic carbocycles. The van der Waals surface area contributed by atoms with Gasteiger partial charge in [0.15, 0.2) is 16.6 Å². The standard InChI is InChI=1S/C32H32N2O6S/c1-4-6-10-17-40-24-16-13-21(18-25(24)39-5-2)28-27(29(35)20-11-8-7-9-12-20)30(36)31(37)34(28)32-33-23-15-14-22(38-3)19-26(23)41-32/h7-9,11-16,18-19,28,35H,4-6,10,17H2,1-3H3/b29-27+. The van der Waals surface area contributed by atoms with Gasteiger partial charge >= 0.3 is 5.91 Å². The maximum Gasteiger partial charge on any atom is 0.301 e. The number of Topliss-reactive ketones (excluding diaryl/α,β-unsaturated/α-hetero) is 1. The second-order valence-electron chi connectivity index (χ2n) is 9.56. The Labute approximate surface area is 242 Å². The summed E-state index contributed by atoms with van der Waals surface area (Å²) in [4.78, 5) is 33.3. The van der Waals surface area contributed by atoms with Crippen LogP contribution in [0.3, 0.4) is 0 Å². The van der Waals surface area contributed by atoms with Crippen molar-refractivity contribution in [2.24, 2.45) is 0 Å². The molecule has 1 saturated heterocycles. The Kier molecular flexibility index (Phi) is 8.54. The second-order valence-corrected chi connectivity index (χ2v) is 10.6. The summed E-state index contributed by atoms with van der Waals surface area (Å²) in [6.07, 6.45) is 3.06. The average molecular weight is 573 g/mol. The highest BCUT2D eigenvalue weighted by Gasteiger charge is 2.48. The first kappa shape index (κ1) is 28.2. The predicted molar refractivity (Wildman–Crippen MR) is 160 cm³/mol.